The molecule has 0 saturated carbocycles. The van der Waals surface area contributed by atoms with E-state index < -0.39 is 0 Å². The topological polar surface area (TPSA) is 49.4 Å². The fourth-order valence-electron chi connectivity index (χ4n) is 2.65. The maximum atomic E-state index is 12.3. The molecule has 1 saturated heterocycles. The van der Waals surface area contributed by atoms with Crippen molar-refractivity contribution >= 4 is 17.5 Å². The summed E-state index contributed by atoms with van der Waals surface area (Å²) in [7, 11) is 0. The fourth-order valence-corrected chi connectivity index (χ4v) is 2.65. The Morgan fingerprint density at radius 1 is 1.20 bits per heavy atom. The first kappa shape index (κ1) is 14.6. The molecule has 20 heavy (non-hydrogen) atoms. The highest BCUT2D eigenvalue weighted by molar-refractivity contribution is 5.93. The highest BCUT2D eigenvalue weighted by Crippen LogP contribution is 2.21. The molecule has 0 aliphatic carbocycles. The van der Waals surface area contributed by atoms with Crippen molar-refractivity contribution in [2.45, 2.75) is 33.6 Å². The normalized spacial score (nSPS) is 16.1. The van der Waals surface area contributed by atoms with Crippen LogP contribution in [-0.4, -0.2) is 29.8 Å². The van der Waals surface area contributed by atoms with E-state index in [-0.39, 0.29) is 17.7 Å². The highest BCUT2D eigenvalue weighted by atomic mass is 16.2. The number of benzene rings is 1. The summed E-state index contributed by atoms with van der Waals surface area (Å²) in [6, 6.07) is 6.02. The summed E-state index contributed by atoms with van der Waals surface area (Å²) in [5.41, 5.74) is 3.16. The molecule has 4 heteroatoms. The lowest BCUT2D eigenvalue weighted by atomic mass is 9.95. The van der Waals surface area contributed by atoms with Crippen molar-refractivity contribution < 1.29 is 9.59 Å². The molecular formula is C16H22N2O2. The van der Waals surface area contributed by atoms with Crippen LogP contribution in [0.25, 0.3) is 0 Å². The van der Waals surface area contributed by atoms with Gasteiger partial charge in [0.15, 0.2) is 0 Å². The molecule has 0 spiro atoms. The molecular weight excluding hydrogens is 252 g/mol. The Morgan fingerprint density at radius 3 is 2.40 bits per heavy atom. The van der Waals surface area contributed by atoms with Gasteiger partial charge in [-0.1, -0.05) is 17.7 Å². The number of hydrogen-bond donors (Lipinski definition) is 1. The Bertz CT molecular complexity index is 517. The van der Waals surface area contributed by atoms with Gasteiger partial charge in [-0.15, -0.1) is 0 Å². The van der Waals surface area contributed by atoms with E-state index in [1.807, 2.05) is 26.0 Å². The van der Waals surface area contributed by atoms with Crippen LogP contribution in [-0.2, 0) is 9.59 Å². The summed E-state index contributed by atoms with van der Waals surface area (Å²) in [5, 5.41) is 3.01. The quantitative estimate of drug-likeness (QED) is 0.900. The first-order chi connectivity index (χ1) is 9.47. The molecule has 0 bridgehead atoms. The molecule has 1 heterocycles. The summed E-state index contributed by atoms with van der Waals surface area (Å²) in [6.45, 7) is 6.98. The van der Waals surface area contributed by atoms with Crippen LogP contribution < -0.4 is 5.32 Å². The zero-order chi connectivity index (χ0) is 14.7. The van der Waals surface area contributed by atoms with Crippen molar-refractivity contribution in [2.75, 3.05) is 18.4 Å². The Labute approximate surface area is 120 Å². The first-order valence-electron chi connectivity index (χ1n) is 7.11. The second kappa shape index (κ2) is 6.07. The molecule has 2 amide bonds. The molecule has 0 atom stereocenters. The van der Waals surface area contributed by atoms with Crippen LogP contribution in [0.4, 0.5) is 5.69 Å². The number of hydrogen-bond acceptors (Lipinski definition) is 2. The lowest BCUT2D eigenvalue weighted by Gasteiger charge is -2.30. The van der Waals surface area contributed by atoms with Gasteiger partial charge in [-0.3, -0.25) is 9.59 Å². The van der Waals surface area contributed by atoms with Gasteiger partial charge in [-0.25, -0.2) is 0 Å². The molecule has 2 rings (SSSR count). The minimum absolute atomic E-state index is 0.00584. The molecule has 1 fully saturated rings. The maximum Gasteiger partial charge on any atom is 0.227 e. The second-order valence-electron chi connectivity index (χ2n) is 5.59. The summed E-state index contributed by atoms with van der Waals surface area (Å²) in [6.07, 6.45) is 1.49. The van der Waals surface area contributed by atoms with Crippen molar-refractivity contribution in [3.05, 3.63) is 29.3 Å². The fraction of sp³-hybridized carbons (Fsp3) is 0.500. The number of piperidine rings is 1. The minimum atomic E-state index is 0.00584. The molecule has 0 aromatic heterocycles. The van der Waals surface area contributed by atoms with Gasteiger partial charge in [0.05, 0.1) is 0 Å². The molecule has 4 nitrogen and oxygen atoms in total. The van der Waals surface area contributed by atoms with Crippen LogP contribution in [0.1, 0.15) is 30.9 Å². The Hall–Kier alpha value is -1.84. The SMILES string of the molecule is CC(=O)N1CCC(C(=O)Nc2ccc(C)cc2C)CC1. The Balaban J connectivity index is 1.94. The lowest BCUT2D eigenvalue weighted by molar-refractivity contribution is -0.132. The number of anilines is 1. The number of nitrogens with one attached hydrogen (secondary N) is 1. The van der Waals surface area contributed by atoms with Crippen molar-refractivity contribution in [3.8, 4) is 0 Å². The maximum absolute atomic E-state index is 12.3. The van der Waals surface area contributed by atoms with Crippen molar-refractivity contribution in [1.82, 2.24) is 4.90 Å². The predicted octanol–water partition coefficient (Wildman–Crippen LogP) is 2.50. The number of carbonyl (C=O) groups is 2. The Kier molecular flexibility index (Phi) is 4.42. The third-order valence-corrected chi connectivity index (χ3v) is 3.95. The molecule has 1 N–H and O–H groups in total. The van der Waals surface area contributed by atoms with Gasteiger partial charge >= 0.3 is 0 Å². The standard InChI is InChI=1S/C16H22N2O2/c1-11-4-5-15(12(2)10-11)17-16(20)14-6-8-18(9-7-14)13(3)19/h4-5,10,14H,6-9H2,1-3H3,(H,17,20). The van der Waals surface area contributed by atoms with E-state index in [4.69, 9.17) is 0 Å². The van der Waals surface area contributed by atoms with Crippen LogP contribution in [0.15, 0.2) is 18.2 Å². The van der Waals surface area contributed by atoms with Crippen LogP contribution in [0.2, 0.25) is 0 Å². The summed E-state index contributed by atoms with van der Waals surface area (Å²) in [5.74, 6) is 0.171. The van der Waals surface area contributed by atoms with E-state index in [0.29, 0.717) is 13.1 Å². The smallest absolute Gasteiger partial charge is 0.227 e. The number of aryl methyl sites for hydroxylation is 2. The molecule has 0 radical (unpaired) electrons. The van der Waals surface area contributed by atoms with E-state index >= 15 is 0 Å². The number of nitrogens with zero attached hydrogens (tertiary/aromatic N) is 1. The Morgan fingerprint density at radius 2 is 1.85 bits per heavy atom. The molecule has 1 aliphatic rings. The summed E-state index contributed by atoms with van der Waals surface area (Å²) in [4.78, 5) is 25.3. The van der Waals surface area contributed by atoms with E-state index in [1.165, 1.54) is 5.56 Å². The van der Waals surface area contributed by atoms with Crippen molar-refractivity contribution in [2.24, 2.45) is 5.92 Å². The molecule has 1 aliphatic heterocycles. The van der Waals surface area contributed by atoms with E-state index in [1.54, 1.807) is 11.8 Å². The number of amides is 2. The third-order valence-electron chi connectivity index (χ3n) is 3.95. The van der Waals surface area contributed by atoms with Gasteiger partial charge in [-0.2, -0.15) is 0 Å². The van der Waals surface area contributed by atoms with Gasteiger partial charge in [0, 0.05) is 31.6 Å². The molecule has 1 aromatic carbocycles. The minimum Gasteiger partial charge on any atom is -0.343 e. The monoisotopic (exact) mass is 274 g/mol. The van der Waals surface area contributed by atoms with Crippen LogP contribution in [0.3, 0.4) is 0 Å². The average molecular weight is 274 g/mol. The zero-order valence-electron chi connectivity index (χ0n) is 12.4. The average Bonchev–Trinajstić information content (AvgIpc) is 2.42. The summed E-state index contributed by atoms with van der Waals surface area (Å²) < 4.78 is 0. The largest absolute Gasteiger partial charge is 0.343 e. The third kappa shape index (κ3) is 3.38. The molecule has 0 unspecified atom stereocenters. The van der Waals surface area contributed by atoms with Crippen LogP contribution >= 0.6 is 0 Å². The van der Waals surface area contributed by atoms with E-state index in [0.717, 1.165) is 24.1 Å². The van der Waals surface area contributed by atoms with Gasteiger partial charge in [0.2, 0.25) is 11.8 Å². The number of likely N-dealkylation sites (tertiary alicyclic amines) is 1. The number of rotatable bonds is 2. The zero-order valence-corrected chi connectivity index (χ0v) is 12.4. The summed E-state index contributed by atoms with van der Waals surface area (Å²) >= 11 is 0. The second-order valence-corrected chi connectivity index (χ2v) is 5.59. The van der Waals surface area contributed by atoms with Crippen molar-refractivity contribution in [3.63, 3.8) is 0 Å². The number of carbonyl (C=O) groups excluding carboxylic acids is 2. The highest BCUT2D eigenvalue weighted by Gasteiger charge is 2.26. The van der Waals surface area contributed by atoms with Gasteiger partial charge < -0.3 is 10.2 Å². The molecule has 1 aromatic rings. The van der Waals surface area contributed by atoms with Crippen molar-refractivity contribution in [1.29, 1.82) is 0 Å². The van der Waals surface area contributed by atoms with Crippen LogP contribution in [0, 0.1) is 19.8 Å². The van der Waals surface area contributed by atoms with Gasteiger partial charge in [0.1, 0.15) is 0 Å². The first-order valence-corrected chi connectivity index (χ1v) is 7.11. The van der Waals surface area contributed by atoms with E-state index in [9.17, 15) is 9.59 Å². The molecule has 108 valence electrons. The van der Waals surface area contributed by atoms with E-state index in [2.05, 4.69) is 11.4 Å². The predicted molar refractivity (Wildman–Crippen MR) is 79.5 cm³/mol. The van der Waals surface area contributed by atoms with Gasteiger partial charge in [0.25, 0.3) is 0 Å². The van der Waals surface area contributed by atoms with Gasteiger partial charge in [-0.05, 0) is 38.3 Å². The lowest BCUT2D eigenvalue weighted by Crippen LogP contribution is -2.40. The van der Waals surface area contributed by atoms with Crippen LogP contribution in [0.5, 0.6) is 0 Å².